The molecule has 0 aliphatic carbocycles. The van der Waals surface area contributed by atoms with E-state index in [2.05, 4.69) is 20.3 Å². The second-order valence-electron chi connectivity index (χ2n) is 6.44. The highest BCUT2D eigenvalue weighted by Gasteiger charge is 2.09. The van der Waals surface area contributed by atoms with Crippen molar-refractivity contribution >= 4 is 5.96 Å². The van der Waals surface area contributed by atoms with E-state index in [0.29, 0.717) is 19.7 Å². The number of benzene rings is 1. The molecule has 0 unspecified atom stereocenters. The molecule has 28 heavy (non-hydrogen) atoms. The highest BCUT2D eigenvalue weighted by Crippen LogP contribution is 2.09. The van der Waals surface area contributed by atoms with Crippen LogP contribution in [0.2, 0.25) is 0 Å². The summed E-state index contributed by atoms with van der Waals surface area (Å²) in [4.78, 5) is 6.73. The van der Waals surface area contributed by atoms with Crippen LogP contribution in [0, 0.1) is 0 Å². The van der Waals surface area contributed by atoms with E-state index in [9.17, 15) is 0 Å². The average molecular weight is 381 g/mol. The number of methoxy groups -OCH3 is 1. The van der Waals surface area contributed by atoms with Gasteiger partial charge >= 0.3 is 0 Å². The Morgan fingerprint density at radius 3 is 2.86 bits per heavy atom. The van der Waals surface area contributed by atoms with E-state index in [1.807, 2.05) is 66.6 Å². The van der Waals surface area contributed by atoms with Crippen LogP contribution in [0.25, 0.3) is 5.69 Å². The zero-order valence-electron chi connectivity index (χ0n) is 16.4. The van der Waals surface area contributed by atoms with E-state index in [1.54, 1.807) is 13.4 Å². The molecule has 2 aromatic heterocycles. The van der Waals surface area contributed by atoms with Crippen molar-refractivity contribution in [1.82, 2.24) is 20.0 Å². The third-order valence-electron chi connectivity index (χ3n) is 4.23. The fraction of sp³-hybridized carbons (Fsp3) is 0.333. The van der Waals surface area contributed by atoms with Crippen molar-refractivity contribution in [2.24, 2.45) is 4.99 Å². The molecule has 1 aromatic carbocycles. The van der Waals surface area contributed by atoms with Gasteiger partial charge in [-0.05, 0) is 24.3 Å². The second kappa shape index (κ2) is 10.3. The van der Waals surface area contributed by atoms with Crippen LogP contribution in [-0.2, 0) is 17.7 Å². The molecule has 3 rings (SSSR count). The predicted octanol–water partition coefficient (Wildman–Crippen LogP) is 2.73. The Morgan fingerprint density at radius 1 is 1.25 bits per heavy atom. The summed E-state index contributed by atoms with van der Waals surface area (Å²) in [5, 5.41) is 7.88. The minimum absolute atomic E-state index is 0.586. The summed E-state index contributed by atoms with van der Waals surface area (Å²) in [6, 6.07) is 14.0. The van der Waals surface area contributed by atoms with E-state index in [4.69, 9.17) is 9.15 Å². The van der Waals surface area contributed by atoms with Crippen molar-refractivity contribution in [3.63, 3.8) is 0 Å². The van der Waals surface area contributed by atoms with E-state index >= 15 is 0 Å². The van der Waals surface area contributed by atoms with E-state index in [-0.39, 0.29) is 0 Å². The Kier molecular flexibility index (Phi) is 7.26. The maximum Gasteiger partial charge on any atom is 0.194 e. The van der Waals surface area contributed by atoms with E-state index < -0.39 is 0 Å². The Labute approximate surface area is 165 Å². The molecule has 2 heterocycles. The first-order valence-electron chi connectivity index (χ1n) is 9.36. The number of nitrogens with zero attached hydrogens (tertiary/aromatic N) is 4. The molecular weight excluding hydrogens is 354 g/mol. The van der Waals surface area contributed by atoms with Gasteiger partial charge < -0.3 is 19.4 Å². The molecule has 7 nitrogen and oxygen atoms in total. The molecule has 0 aliphatic heterocycles. The monoisotopic (exact) mass is 381 g/mol. The maximum absolute atomic E-state index is 5.39. The molecular formula is C21H27N5O2. The second-order valence-corrected chi connectivity index (χ2v) is 6.44. The van der Waals surface area contributed by atoms with E-state index in [0.717, 1.165) is 35.9 Å². The van der Waals surface area contributed by atoms with Gasteiger partial charge in [0.05, 0.1) is 31.3 Å². The van der Waals surface area contributed by atoms with Gasteiger partial charge in [0.15, 0.2) is 5.96 Å². The van der Waals surface area contributed by atoms with Gasteiger partial charge in [0, 0.05) is 45.4 Å². The Hall–Kier alpha value is -3.06. The molecule has 0 spiro atoms. The number of hydrogen-bond acceptors (Lipinski definition) is 4. The maximum atomic E-state index is 5.39. The van der Waals surface area contributed by atoms with Crippen LogP contribution < -0.4 is 5.32 Å². The fourth-order valence-electron chi connectivity index (χ4n) is 2.82. The average Bonchev–Trinajstić information content (AvgIpc) is 3.40. The van der Waals surface area contributed by atoms with Gasteiger partial charge in [-0.15, -0.1) is 0 Å². The summed E-state index contributed by atoms with van der Waals surface area (Å²) in [5.41, 5.74) is 2.15. The molecule has 0 amide bonds. The number of para-hydroxylation sites is 1. The van der Waals surface area contributed by atoms with Gasteiger partial charge in [0.2, 0.25) is 0 Å². The zero-order chi connectivity index (χ0) is 19.6. The van der Waals surface area contributed by atoms with Crippen molar-refractivity contribution in [3.8, 4) is 5.69 Å². The summed E-state index contributed by atoms with van der Waals surface area (Å²) in [7, 11) is 3.70. The fourth-order valence-corrected chi connectivity index (χ4v) is 2.82. The van der Waals surface area contributed by atoms with Gasteiger partial charge in [-0.3, -0.25) is 4.99 Å². The lowest BCUT2D eigenvalue weighted by molar-refractivity contribution is 0.207. The number of guanidine groups is 1. The van der Waals surface area contributed by atoms with Gasteiger partial charge in [-0.2, -0.15) is 5.10 Å². The van der Waals surface area contributed by atoms with Crippen LogP contribution >= 0.6 is 0 Å². The van der Waals surface area contributed by atoms with Crippen LogP contribution in [0.15, 0.2) is 70.5 Å². The summed E-state index contributed by atoms with van der Waals surface area (Å²) >= 11 is 0. The predicted molar refractivity (Wildman–Crippen MR) is 110 cm³/mol. The first-order valence-corrected chi connectivity index (χ1v) is 9.36. The van der Waals surface area contributed by atoms with Gasteiger partial charge in [0.1, 0.15) is 5.76 Å². The molecule has 0 saturated carbocycles. The van der Waals surface area contributed by atoms with Crippen molar-refractivity contribution in [2.75, 3.05) is 33.9 Å². The normalized spacial score (nSPS) is 11.6. The van der Waals surface area contributed by atoms with Gasteiger partial charge in [0.25, 0.3) is 0 Å². The molecule has 0 saturated heterocycles. The number of hydrogen-bond donors (Lipinski definition) is 1. The highest BCUT2D eigenvalue weighted by molar-refractivity contribution is 5.79. The smallest absolute Gasteiger partial charge is 0.194 e. The summed E-state index contributed by atoms with van der Waals surface area (Å²) in [6.45, 7) is 2.63. The van der Waals surface area contributed by atoms with Gasteiger partial charge in [-0.25, -0.2) is 4.68 Å². The molecule has 0 fully saturated rings. The molecule has 0 radical (unpaired) electrons. The summed E-state index contributed by atoms with van der Waals surface area (Å²) in [6.07, 6.45) is 6.43. The van der Waals surface area contributed by atoms with Crippen molar-refractivity contribution in [3.05, 3.63) is 72.4 Å². The number of aromatic nitrogens is 2. The minimum atomic E-state index is 0.586. The number of furan rings is 1. The standard InChI is InChI=1S/C21H27N5O2/c1-25(16-18-15-24-26(17-18)19-7-4-3-5-8-19)21(23-12-14-27-2)22-11-10-20-9-6-13-28-20/h3-9,13,15,17H,10-12,14,16H2,1-2H3,(H,22,23). The Morgan fingerprint density at radius 2 is 2.11 bits per heavy atom. The van der Waals surface area contributed by atoms with Crippen LogP contribution in [0.3, 0.4) is 0 Å². The van der Waals surface area contributed by atoms with Crippen LogP contribution in [0.5, 0.6) is 0 Å². The van der Waals surface area contributed by atoms with Crippen molar-refractivity contribution < 1.29 is 9.15 Å². The van der Waals surface area contributed by atoms with Crippen LogP contribution in [-0.4, -0.2) is 54.5 Å². The molecule has 148 valence electrons. The van der Waals surface area contributed by atoms with Crippen molar-refractivity contribution in [1.29, 1.82) is 0 Å². The SMILES string of the molecule is COCCN=C(NCCc1ccco1)N(C)Cc1cnn(-c2ccccc2)c1. The van der Waals surface area contributed by atoms with Crippen LogP contribution in [0.1, 0.15) is 11.3 Å². The molecule has 0 bridgehead atoms. The zero-order valence-corrected chi connectivity index (χ0v) is 16.4. The Bertz CT molecular complexity index is 843. The first-order chi connectivity index (χ1) is 13.8. The third kappa shape index (κ3) is 5.72. The molecule has 0 atom stereocenters. The molecule has 1 N–H and O–H groups in total. The van der Waals surface area contributed by atoms with Crippen LogP contribution in [0.4, 0.5) is 0 Å². The van der Waals surface area contributed by atoms with Gasteiger partial charge in [-0.1, -0.05) is 18.2 Å². The number of aliphatic imine (C=N–C) groups is 1. The quantitative estimate of drug-likeness (QED) is 0.351. The lowest BCUT2D eigenvalue weighted by atomic mass is 10.3. The lowest BCUT2D eigenvalue weighted by Gasteiger charge is -2.22. The molecule has 3 aromatic rings. The number of ether oxygens (including phenoxy) is 1. The largest absolute Gasteiger partial charge is 0.469 e. The molecule has 0 aliphatic rings. The van der Waals surface area contributed by atoms with E-state index in [1.165, 1.54) is 0 Å². The lowest BCUT2D eigenvalue weighted by Crippen LogP contribution is -2.39. The number of rotatable bonds is 9. The minimum Gasteiger partial charge on any atom is -0.469 e. The first kappa shape index (κ1) is 19.7. The summed E-state index contributed by atoms with van der Waals surface area (Å²) < 4.78 is 12.4. The Balaban J connectivity index is 1.60. The third-order valence-corrected chi connectivity index (χ3v) is 4.23. The number of nitrogens with one attached hydrogen (secondary N) is 1. The van der Waals surface area contributed by atoms with Crippen molar-refractivity contribution in [2.45, 2.75) is 13.0 Å². The topological polar surface area (TPSA) is 67.8 Å². The highest BCUT2D eigenvalue weighted by atomic mass is 16.5. The summed E-state index contributed by atoms with van der Waals surface area (Å²) in [5.74, 6) is 1.78. The molecule has 7 heteroatoms.